The van der Waals surface area contributed by atoms with E-state index in [1.54, 1.807) is 6.20 Å². The standard InChI is InChI=1S/C14H21BrN2O/c1-9-3-4-13(5-10(9)2)18-14-11(7-16)6-12(15)8-17-14/h6,8-10,13H,3-5,7,16H2,1-2H3. The van der Waals surface area contributed by atoms with E-state index in [0.29, 0.717) is 12.4 Å². The Labute approximate surface area is 117 Å². The average molecular weight is 313 g/mol. The largest absolute Gasteiger partial charge is 0.474 e. The molecule has 3 unspecified atom stereocenters. The van der Waals surface area contributed by atoms with E-state index in [-0.39, 0.29) is 6.10 Å². The van der Waals surface area contributed by atoms with Gasteiger partial charge in [-0.05, 0) is 53.1 Å². The van der Waals surface area contributed by atoms with Crippen molar-refractivity contribution in [3.05, 3.63) is 22.3 Å². The van der Waals surface area contributed by atoms with Crippen LogP contribution in [0.25, 0.3) is 0 Å². The smallest absolute Gasteiger partial charge is 0.218 e. The number of ether oxygens (including phenoxy) is 1. The van der Waals surface area contributed by atoms with Crippen molar-refractivity contribution < 1.29 is 4.74 Å². The molecule has 3 atom stereocenters. The number of halogens is 1. The summed E-state index contributed by atoms with van der Waals surface area (Å²) in [6.07, 6.45) is 5.52. The molecule has 1 aliphatic rings. The quantitative estimate of drug-likeness (QED) is 0.929. The molecule has 3 nitrogen and oxygen atoms in total. The second-order valence-electron chi connectivity index (χ2n) is 5.33. The summed E-state index contributed by atoms with van der Waals surface area (Å²) in [6.45, 7) is 5.09. The number of nitrogens with zero attached hydrogens (tertiary/aromatic N) is 1. The Kier molecular flexibility index (Phi) is 4.62. The fourth-order valence-electron chi connectivity index (χ4n) is 2.48. The van der Waals surface area contributed by atoms with E-state index in [0.717, 1.165) is 34.7 Å². The molecule has 1 heterocycles. The fraction of sp³-hybridized carbons (Fsp3) is 0.643. The van der Waals surface area contributed by atoms with Gasteiger partial charge >= 0.3 is 0 Å². The first-order chi connectivity index (χ1) is 8.60. The molecule has 1 aromatic rings. The molecule has 2 N–H and O–H groups in total. The van der Waals surface area contributed by atoms with Crippen LogP contribution in [0.3, 0.4) is 0 Å². The van der Waals surface area contributed by atoms with Gasteiger partial charge in [-0.15, -0.1) is 0 Å². The Morgan fingerprint density at radius 2 is 2.17 bits per heavy atom. The summed E-state index contributed by atoms with van der Waals surface area (Å²) in [6, 6.07) is 1.98. The third-order valence-electron chi connectivity index (χ3n) is 3.94. The van der Waals surface area contributed by atoms with Crippen LogP contribution in [0.5, 0.6) is 5.88 Å². The molecule has 0 radical (unpaired) electrons. The third kappa shape index (κ3) is 3.23. The zero-order valence-corrected chi connectivity index (χ0v) is 12.6. The Hall–Kier alpha value is -0.610. The molecule has 100 valence electrons. The number of aromatic nitrogens is 1. The molecule has 4 heteroatoms. The zero-order chi connectivity index (χ0) is 13.1. The maximum atomic E-state index is 6.04. The van der Waals surface area contributed by atoms with E-state index in [1.807, 2.05) is 6.07 Å². The predicted molar refractivity (Wildman–Crippen MR) is 76.4 cm³/mol. The molecule has 1 saturated carbocycles. The van der Waals surface area contributed by atoms with Crippen LogP contribution in [0.4, 0.5) is 0 Å². The van der Waals surface area contributed by atoms with Crippen LogP contribution in [0.1, 0.15) is 38.7 Å². The summed E-state index contributed by atoms with van der Waals surface area (Å²) in [7, 11) is 0. The minimum atomic E-state index is 0.287. The van der Waals surface area contributed by atoms with Crippen molar-refractivity contribution in [2.45, 2.75) is 45.8 Å². The summed E-state index contributed by atoms with van der Waals surface area (Å²) < 4.78 is 6.98. The normalized spacial score (nSPS) is 28.1. The van der Waals surface area contributed by atoms with E-state index in [9.17, 15) is 0 Å². The van der Waals surface area contributed by atoms with Gasteiger partial charge in [0.2, 0.25) is 5.88 Å². The van der Waals surface area contributed by atoms with Gasteiger partial charge in [0.1, 0.15) is 6.10 Å². The third-order valence-corrected chi connectivity index (χ3v) is 4.37. The first-order valence-electron chi connectivity index (χ1n) is 6.61. The summed E-state index contributed by atoms with van der Waals surface area (Å²) in [5.41, 5.74) is 6.70. The molecule has 18 heavy (non-hydrogen) atoms. The van der Waals surface area contributed by atoms with E-state index in [4.69, 9.17) is 10.5 Å². The van der Waals surface area contributed by atoms with E-state index in [2.05, 4.69) is 34.8 Å². The molecule has 0 aliphatic heterocycles. The van der Waals surface area contributed by atoms with Crippen LogP contribution in [0, 0.1) is 11.8 Å². The number of hydrogen-bond donors (Lipinski definition) is 1. The predicted octanol–water partition coefficient (Wildman–Crippen LogP) is 3.51. The highest BCUT2D eigenvalue weighted by Gasteiger charge is 2.26. The first-order valence-corrected chi connectivity index (χ1v) is 7.40. The number of rotatable bonds is 3. The molecule has 1 aromatic heterocycles. The van der Waals surface area contributed by atoms with Gasteiger partial charge in [0.05, 0.1) is 0 Å². The molecule has 0 spiro atoms. The molecule has 1 aliphatic carbocycles. The Morgan fingerprint density at radius 3 is 2.83 bits per heavy atom. The van der Waals surface area contributed by atoms with Gasteiger partial charge in [-0.1, -0.05) is 13.8 Å². The van der Waals surface area contributed by atoms with E-state index >= 15 is 0 Å². The Morgan fingerprint density at radius 1 is 1.39 bits per heavy atom. The average Bonchev–Trinajstić information content (AvgIpc) is 2.36. The van der Waals surface area contributed by atoms with Crippen LogP contribution < -0.4 is 10.5 Å². The molecular weight excluding hydrogens is 292 g/mol. The van der Waals surface area contributed by atoms with Crippen LogP contribution in [-0.2, 0) is 6.54 Å². The lowest BCUT2D eigenvalue weighted by Gasteiger charge is -2.32. The molecule has 2 rings (SSSR count). The summed E-state index contributed by atoms with van der Waals surface area (Å²) in [5, 5.41) is 0. The summed E-state index contributed by atoms with van der Waals surface area (Å²) in [5.74, 6) is 2.23. The van der Waals surface area contributed by atoms with Gasteiger partial charge in [0, 0.05) is 22.8 Å². The summed E-state index contributed by atoms with van der Waals surface area (Å²) >= 11 is 3.41. The Bertz CT molecular complexity index is 411. The van der Waals surface area contributed by atoms with E-state index in [1.165, 1.54) is 6.42 Å². The summed E-state index contributed by atoms with van der Waals surface area (Å²) in [4.78, 5) is 4.34. The highest BCUT2D eigenvalue weighted by Crippen LogP contribution is 2.32. The zero-order valence-electron chi connectivity index (χ0n) is 11.0. The monoisotopic (exact) mass is 312 g/mol. The SMILES string of the molecule is CC1CCC(Oc2ncc(Br)cc2CN)CC1C. The second-order valence-corrected chi connectivity index (χ2v) is 6.25. The van der Waals surface area contributed by atoms with E-state index < -0.39 is 0 Å². The van der Waals surface area contributed by atoms with Crippen molar-refractivity contribution in [3.63, 3.8) is 0 Å². The van der Waals surface area contributed by atoms with Crippen molar-refractivity contribution in [2.75, 3.05) is 0 Å². The topological polar surface area (TPSA) is 48.1 Å². The van der Waals surface area contributed by atoms with Gasteiger partial charge in [-0.25, -0.2) is 4.98 Å². The van der Waals surface area contributed by atoms with Gasteiger partial charge in [0.25, 0.3) is 0 Å². The lowest BCUT2D eigenvalue weighted by atomic mass is 9.80. The van der Waals surface area contributed by atoms with Crippen molar-refractivity contribution in [3.8, 4) is 5.88 Å². The molecule has 0 bridgehead atoms. The number of pyridine rings is 1. The molecular formula is C14H21BrN2O. The van der Waals surface area contributed by atoms with Crippen molar-refractivity contribution in [1.29, 1.82) is 0 Å². The molecule has 0 aromatic carbocycles. The number of nitrogens with two attached hydrogens (primary N) is 1. The van der Waals surface area contributed by atoms with Gasteiger partial charge in [0.15, 0.2) is 0 Å². The minimum absolute atomic E-state index is 0.287. The van der Waals surface area contributed by atoms with Gasteiger partial charge < -0.3 is 10.5 Å². The van der Waals surface area contributed by atoms with Crippen LogP contribution >= 0.6 is 15.9 Å². The highest BCUT2D eigenvalue weighted by molar-refractivity contribution is 9.10. The fourth-order valence-corrected chi connectivity index (χ4v) is 2.86. The first kappa shape index (κ1) is 13.8. The maximum Gasteiger partial charge on any atom is 0.218 e. The van der Waals surface area contributed by atoms with Crippen molar-refractivity contribution >= 4 is 15.9 Å². The van der Waals surface area contributed by atoms with Gasteiger partial charge in [-0.2, -0.15) is 0 Å². The van der Waals surface area contributed by atoms with Crippen LogP contribution in [-0.4, -0.2) is 11.1 Å². The van der Waals surface area contributed by atoms with Crippen molar-refractivity contribution in [2.24, 2.45) is 17.6 Å². The molecule has 0 saturated heterocycles. The number of hydrogen-bond acceptors (Lipinski definition) is 3. The minimum Gasteiger partial charge on any atom is -0.474 e. The molecule has 1 fully saturated rings. The van der Waals surface area contributed by atoms with Crippen LogP contribution in [0.15, 0.2) is 16.7 Å². The van der Waals surface area contributed by atoms with Gasteiger partial charge in [-0.3, -0.25) is 0 Å². The second kappa shape index (κ2) is 6.02. The van der Waals surface area contributed by atoms with Crippen molar-refractivity contribution in [1.82, 2.24) is 4.98 Å². The molecule has 0 amide bonds. The lowest BCUT2D eigenvalue weighted by Crippen LogP contribution is -2.29. The maximum absolute atomic E-state index is 6.04. The van der Waals surface area contributed by atoms with Crippen LogP contribution in [0.2, 0.25) is 0 Å². The lowest BCUT2D eigenvalue weighted by molar-refractivity contribution is 0.0954. The Balaban J connectivity index is 2.05. The highest BCUT2D eigenvalue weighted by atomic mass is 79.9.